The van der Waals surface area contributed by atoms with Crippen LogP contribution in [0.5, 0.6) is 0 Å². The number of nitrogens with one attached hydrogen (secondary N) is 4. The molecule has 2 atom stereocenters. The number of hydrogen-bond acceptors (Lipinski definition) is 5. The lowest BCUT2D eigenvalue weighted by molar-refractivity contribution is -0.138. The average Bonchev–Trinajstić information content (AvgIpc) is 2.75. The van der Waals surface area contributed by atoms with Crippen LogP contribution in [-0.2, 0) is 30.4 Å². The Balaban J connectivity index is 2.96. The summed E-state index contributed by atoms with van der Waals surface area (Å²) in [6, 6.07) is 6.98. The van der Waals surface area contributed by atoms with E-state index in [1.807, 2.05) is 19.9 Å². The summed E-state index contributed by atoms with van der Waals surface area (Å²) in [5.74, 6) is -3.47. The van der Waals surface area contributed by atoms with Gasteiger partial charge in [0.15, 0.2) is 0 Å². The first kappa shape index (κ1) is 27.3. The summed E-state index contributed by atoms with van der Waals surface area (Å²) in [6.07, 6.45) is 0.426. The molecule has 0 aliphatic rings. The molecule has 0 aliphatic heterocycles. The quantitative estimate of drug-likeness (QED) is 0.264. The molecule has 0 spiro atoms. The molecular formula is C23H32N4O6. The summed E-state index contributed by atoms with van der Waals surface area (Å²) in [5, 5.41) is 18.7. The molecule has 0 saturated heterocycles. The van der Waals surface area contributed by atoms with Gasteiger partial charge in [0, 0.05) is 12.0 Å². The third kappa shape index (κ3) is 10.9. The van der Waals surface area contributed by atoms with Crippen molar-refractivity contribution in [3.63, 3.8) is 0 Å². The molecular weight excluding hydrogens is 428 g/mol. The fraction of sp³-hybridized carbons (Fsp3) is 0.435. The molecule has 180 valence electrons. The number of aliphatic carboxylic acids is 1. The van der Waals surface area contributed by atoms with E-state index in [1.165, 1.54) is 6.92 Å². The molecule has 0 aliphatic carbocycles. The van der Waals surface area contributed by atoms with Gasteiger partial charge in [-0.2, -0.15) is 0 Å². The second-order valence-corrected chi connectivity index (χ2v) is 8.08. The number of carboxylic acid groups (broad SMARTS) is 1. The first-order chi connectivity index (χ1) is 15.5. The minimum Gasteiger partial charge on any atom is -0.480 e. The Morgan fingerprint density at radius 1 is 0.909 bits per heavy atom. The monoisotopic (exact) mass is 460 g/mol. The lowest BCUT2D eigenvalue weighted by Gasteiger charge is -2.24. The minimum absolute atomic E-state index is 0.0328. The van der Waals surface area contributed by atoms with E-state index in [0.29, 0.717) is 0 Å². The Morgan fingerprint density at radius 3 is 2.09 bits per heavy atom. The van der Waals surface area contributed by atoms with Crippen molar-refractivity contribution in [1.29, 1.82) is 0 Å². The van der Waals surface area contributed by atoms with Gasteiger partial charge in [0.1, 0.15) is 18.6 Å². The fourth-order valence-corrected chi connectivity index (χ4v) is 2.88. The van der Waals surface area contributed by atoms with Gasteiger partial charge in [-0.1, -0.05) is 50.8 Å². The molecule has 0 radical (unpaired) electrons. The highest BCUT2D eigenvalue weighted by atomic mass is 16.4. The zero-order valence-electron chi connectivity index (χ0n) is 19.1. The SMILES string of the molecule is C=C(C)C(=O)NCC(=O)NC(Cc1ccccc1)C(=O)N[C@@H](CC(C)C)C(=O)NCC(=O)O. The van der Waals surface area contributed by atoms with Crippen LogP contribution in [0.15, 0.2) is 42.5 Å². The predicted octanol–water partition coefficient (Wildman–Crippen LogP) is 0.138. The van der Waals surface area contributed by atoms with E-state index < -0.39 is 48.2 Å². The number of hydrogen-bond donors (Lipinski definition) is 5. The van der Waals surface area contributed by atoms with E-state index in [2.05, 4.69) is 27.8 Å². The van der Waals surface area contributed by atoms with Gasteiger partial charge in [0.25, 0.3) is 0 Å². The van der Waals surface area contributed by atoms with Crippen LogP contribution in [-0.4, -0.2) is 59.9 Å². The van der Waals surface area contributed by atoms with E-state index >= 15 is 0 Å². The summed E-state index contributed by atoms with van der Waals surface area (Å²) in [7, 11) is 0. The molecule has 0 saturated carbocycles. The maximum atomic E-state index is 13.0. The van der Waals surface area contributed by atoms with Gasteiger partial charge in [0.2, 0.25) is 23.6 Å². The summed E-state index contributed by atoms with van der Waals surface area (Å²) >= 11 is 0. The van der Waals surface area contributed by atoms with E-state index in [-0.39, 0.29) is 30.9 Å². The van der Waals surface area contributed by atoms with E-state index in [1.54, 1.807) is 24.3 Å². The van der Waals surface area contributed by atoms with Crippen molar-refractivity contribution < 1.29 is 29.1 Å². The van der Waals surface area contributed by atoms with Crippen LogP contribution in [0, 0.1) is 5.92 Å². The molecule has 0 aromatic heterocycles. The van der Waals surface area contributed by atoms with Gasteiger partial charge < -0.3 is 26.4 Å². The molecule has 1 rings (SSSR count). The van der Waals surface area contributed by atoms with Crippen LogP contribution >= 0.6 is 0 Å². The third-order valence-electron chi connectivity index (χ3n) is 4.49. The van der Waals surface area contributed by atoms with E-state index in [4.69, 9.17) is 5.11 Å². The van der Waals surface area contributed by atoms with Crippen molar-refractivity contribution >= 4 is 29.6 Å². The zero-order valence-corrected chi connectivity index (χ0v) is 19.1. The van der Waals surface area contributed by atoms with E-state index in [9.17, 15) is 24.0 Å². The van der Waals surface area contributed by atoms with Crippen LogP contribution in [0.4, 0.5) is 0 Å². The second-order valence-electron chi connectivity index (χ2n) is 8.08. The summed E-state index contributed by atoms with van der Waals surface area (Å²) in [4.78, 5) is 60.2. The number of rotatable bonds is 13. The Labute approximate surface area is 193 Å². The molecule has 10 nitrogen and oxygen atoms in total. The smallest absolute Gasteiger partial charge is 0.322 e. The largest absolute Gasteiger partial charge is 0.480 e. The Bertz CT molecular complexity index is 869. The molecule has 1 aromatic carbocycles. The van der Waals surface area contributed by atoms with E-state index in [0.717, 1.165) is 5.56 Å². The second kappa shape index (κ2) is 13.7. The highest BCUT2D eigenvalue weighted by molar-refractivity contribution is 5.96. The lowest BCUT2D eigenvalue weighted by atomic mass is 10.0. The van der Waals surface area contributed by atoms with Crippen LogP contribution in [0.3, 0.4) is 0 Å². The van der Waals surface area contributed by atoms with Crippen LogP contribution in [0.2, 0.25) is 0 Å². The molecule has 10 heteroatoms. The molecule has 5 N–H and O–H groups in total. The first-order valence-corrected chi connectivity index (χ1v) is 10.6. The maximum Gasteiger partial charge on any atom is 0.322 e. The number of benzene rings is 1. The van der Waals surface area contributed by atoms with Gasteiger partial charge >= 0.3 is 5.97 Å². The highest BCUT2D eigenvalue weighted by Gasteiger charge is 2.28. The first-order valence-electron chi connectivity index (χ1n) is 10.6. The summed E-state index contributed by atoms with van der Waals surface area (Å²) in [6.45, 7) is 7.79. The minimum atomic E-state index is -1.20. The normalized spacial score (nSPS) is 12.2. The highest BCUT2D eigenvalue weighted by Crippen LogP contribution is 2.08. The van der Waals surface area contributed by atoms with Gasteiger partial charge in [-0.25, -0.2) is 0 Å². The molecule has 0 heterocycles. The Hall–Kier alpha value is -3.69. The van der Waals surface area contributed by atoms with Crippen molar-refractivity contribution in [3.05, 3.63) is 48.0 Å². The molecule has 1 aromatic rings. The Kier molecular flexibility index (Phi) is 11.3. The lowest BCUT2D eigenvalue weighted by Crippen LogP contribution is -2.56. The van der Waals surface area contributed by atoms with Gasteiger partial charge in [-0.3, -0.25) is 24.0 Å². The van der Waals surface area contributed by atoms with Crippen molar-refractivity contribution in [2.24, 2.45) is 5.92 Å². The predicted molar refractivity (Wildman–Crippen MR) is 122 cm³/mol. The van der Waals surface area contributed by atoms with Crippen LogP contribution in [0.1, 0.15) is 32.8 Å². The standard InChI is InChI=1S/C23H32N4O6/c1-14(2)10-17(22(32)25-13-20(29)30)27-23(33)18(11-16-8-6-5-7-9-16)26-19(28)12-24-21(31)15(3)4/h5-9,14,17-18H,3,10-13H2,1-2,4H3,(H,24,31)(H,25,32)(H,26,28)(H,27,33)(H,29,30)/t17-,18?/m0/s1. The topological polar surface area (TPSA) is 154 Å². The van der Waals surface area contributed by atoms with Crippen molar-refractivity contribution in [1.82, 2.24) is 21.3 Å². The summed E-state index contributed by atoms with van der Waals surface area (Å²) in [5.41, 5.74) is 1.02. The summed E-state index contributed by atoms with van der Waals surface area (Å²) < 4.78 is 0. The number of amides is 4. The number of carbonyl (C=O) groups is 5. The molecule has 4 amide bonds. The zero-order chi connectivity index (χ0) is 25.0. The number of carboxylic acids is 1. The molecule has 0 fully saturated rings. The fourth-order valence-electron chi connectivity index (χ4n) is 2.88. The molecule has 33 heavy (non-hydrogen) atoms. The third-order valence-corrected chi connectivity index (χ3v) is 4.49. The van der Waals surface area contributed by atoms with Crippen LogP contribution in [0.25, 0.3) is 0 Å². The molecule has 1 unspecified atom stereocenters. The number of carbonyl (C=O) groups excluding carboxylic acids is 4. The van der Waals surface area contributed by atoms with Gasteiger partial charge in [0.05, 0.1) is 6.54 Å². The molecule has 0 bridgehead atoms. The van der Waals surface area contributed by atoms with Crippen molar-refractivity contribution in [2.45, 2.75) is 45.7 Å². The maximum absolute atomic E-state index is 13.0. The van der Waals surface area contributed by atoms with Crippen molar-refractivity contribution in [2.75, 3.05) is 13.1 Å². The average molecular weight is 461 g/mol. The van der Waals surface area contributed by atoms with Crippen molar-refractivity contribution in [3.8, 4) is 0 Å². The Morgan fingerprint density at radius 2 is 1.55 bits per heavy atom. The van der Waals surface area contributed by atoms with Crippen LogP contribution < -0.4 is 21.3 Å². The van der Waals surface area contributed by atoms with Gasteiger partial charge in [-0.15, -0.1) is 0 Å². The van der Waals surface area contributed by atoms with Gasteiger partial charge in [-0.05, 0) is 24.8 Å².